The van der Waals surface area contributed by atoms with Crippen LogP contribution in [0.3, 0.4) is 0 Å². The first-order chi connectivity index (χ1) is 11.2. The smallest absolute Gasteiger partial charge is 0.140 e. The van der Waals surface area contributed by atoms with Crippen LogP contribution in [0.2, 0.25) is 0 Å². The molecule has 4 rings (SSSR count). The number of rotatable bonds is 5. The molecule has 1 aliphatic heterocycles. The molecule has 0 radical (unpaired) electrons. The lowest BCUT2D eigenvalue weighted by molar-refractivity contribution is 0.266. The van der Waals surface area contributed by atoms with E-state index in [1.807, 2.05) is 19.1 Å². The summed E-state index contributed by atoms with van der Waals surface area (Å²) in [6.07, 6.45) is 4.69. The van der Waals surface area contributed by atoms with Gasteiger partial charge in [0.25, 0.3) is 0 Å². The van der Waals surface area contributed by atoms with E-state index < -0.39 is 0 Å². The third kappa shape index (κ3) is 2.98. The van der Waals surface area contributed by atoms with Crippen molar-refractivity contribution < 1.29 is 9.84 Å². The average Bonchev–Trinajstić information content (AvgIpc) is 3.26. The molecule has 1 N–H and O–H groups in total. The Morgan fingerprint density at radius 1 is 1.26 bits per heavy atom. The Morgan fingerprint density at radius 2 is 2.13 bits per heavy atom. The van der Waals surface area contributed by atoms with Crippen molar-refractivity contribution in [1.82, 2.24) is 9.97 Å². The molecule has 1 saturated carbocycles. The van der Waals surface area contributed by atoms with Crippen LogP contribution in [0.4, 0.5) is 5.82 Å². The summed E-state index contributed by atoms with van der Waals surface area (Å²) in [7, 11) is 0. The van der Waals surface area contributed by atoms with Crippen LogP contribution in [0.5, 0.6) is 5.75 Å². The van der Waals surface area contributed by atoms with Gasteiger partial charge in [0.2, 0.25) is 0 Å². The maximum atomic E-state index is 9.61. The molecule has 0 bridgehead atoms. The van der Waals surface area contributed by atoms with Crippen LogP contribution in [0.1, 0.15) is 31.5 Å². The Balaban J connectivity index is 1.69. The molecule has 1 aliphatic carbocycles. The van der Waals surface area contributed by atoms with Crippen LogP contribution < -0.4 is 9.64 Å². The van der Waals surface area contributed by atoms with Crippen LogP contribution in [0.25, 0.3) is 10.9 Å². The molecule has 122 valence electrons. The van der Waals surface area contributed by atoms with Gasteiger partial charge in [-0.25, -0.2) is 9.97 Å². The van der Waals surface area contributed by atoms with Gasteiger partial charge in [-0.2, -0.15) is 0 Å². The molecular formula is C18H23N3O2. The molecule has 1 aromatic heterocycles. The number of fused-ring (bicyclic) bond motifs is 1. The molecule has 2 heterocycles. The van der Waals surface area contributed by atoms with Crippen molar-refractivity contribution in [3.8, 4) is 5.75 Å². The van der Waals surface area contributed by atoms with Crippen molar-refractivity contribution in [1.29, 1.82) is 0 Å². The van der Waals surface area contributed by atoms with E-state index in [-0.39, 0.29) is 12.6 Å². The summed E-state index contributed by atoms with van der Waals surface area (Å²) in [5.41, 5.74) is 0.921. The van der Waals surface area contributed by atoms with E-state index in [4.69, 9.17) is 4.74 Å². The van der Waals surface area contributed by atoms with Crippen molar-refractivity contribution in [3.63, 3.8) is 0 Å². The number of hydrogen-bond donors (Lipinski definition) is 1. The number of nitrogens with zero attached hydrogens (tertiary/aromatic N) is 3. The van der Waals surface area contributed by atoms with Gasteiger partial charge in [-0.15, -0.1) is 0 Å². The van der Waals surface area contributed by atoms with E-state index in [9.17, 15) is 5.11 Å². The van der Waals surface area contributed by atoms with Crippen molar-refractivity contribution in [2.75, 3.05) is 24.7 Å². The summed E-state index contributed by atoms with van der Waals surface area (Å²) in [6.45, 7) is 3.84. The number of aryl methyl sites for hydroxylation is 1. The van der Waals surface area contributed by atoms with Gasteiger partial charge >= 0.3 is 0 Å². The van der Waals surface area contributed by atoms with Crippen LogP contribution in [0, 0.1) is 12.8 Å². The van der Waals surface area contributed by atoms with E-state index in [1.54, 1.807) is 0 Å². The number of aliphatic hydroxyl groups is 1. The van der Waals surface area contributed by atoms with Gasteiger partial charge in [0.05, 0.1) is 24.8 Å². The maximum absolute atomic E-state index is 9.61. The summed E-state index contributed by atoms with van der Waals surface area (Å²) in [5, 5.41) is 10.6. The summed E-state index contributed by atoms with van der Waals surface area (Å²) in [5.74, 6) is 3.32. The van der Waals surface area contributed by atoms with Crippen molar-refractivity contribution in [3.05, 3.63) is 24.0 Å². The predicted molar refractivity (Wildman–Crippen MR) is 89.9 cm³/mol. The lowest BCUT2D eigenvalue weighted by Gasteiger charge is -2.25. The van der Waals surface area contributed by atoms with Crippen molar-refractivity contribution in [2.45, 2.75) is 38.6 Å². The highest BCUT2D eigenvalue weighted by molar-refractivity contribution is 5.90. The number of anilines is 1. The average molecular weight is 313 g/mol. The highest BCUT2D eigenvalue weighted by Crippen LogP contribution is 2.33. The van der Waals surface area contributed by atoms with Gasteiger partial charge < -0.3 is 14.7 Å². The fourth-order valence-corrected chi connectivity index (χ4v) is 3.32. The Morgan fingerprint density at radius 3 is 2.91 bits per heavy atom. The second-order valence-corrected chi connectivity index (χ2v) is 6.70. The summed E-state index contributed by atoms with van der Waals surface area (Å²) in [6, 6.07) is 6.24. The van der Waals surface area contributed by atoms with Crippen molar-refractivity contribution >= 4 is 16.7 Å². The number of ether oxygens (including phenoxy) is 1. The van der Waals surface area contributed by atoms with Crippen LogP contribution in [-0.2, 0) is 0 Å². The normalized spacial score (nSPS) is 21.1. The third-order valence-electron chi connectivity index (χ3n) is 4.80. The maximum Gasteiger partial charge on any atom is 0.140 e. The number of aliphatic hydroxyl groups excluding tert-OH is 1. The van der Waals surface area contributed by atoms with Crippen LogP contribution in [0.15, 0.2) is 18.2 Å². The molecule has 2 aromatic rings. The van der Waals surface area contributed by atoms with Gasteiger partial charge in [-0.1, -0.05) is 0 Å². The molecule has 2 aliphatic rings. The van der Waals surface area contributed by atoms with Crippen molar-refractivity contribution in [2.24, 2.45) is 5.92 Å². The Kier molecular flexibility index (Phi) is 3.81. The first-order valence-corrected chi connectivity index (χ1v) is 8.53. The zero-order valence-electron chi connectivity index (χ0n) is 13.5. The van der Waals surface area contributed by atoms with Gasteiger partial charge in [0.15, 0.2) is 0 Å². The minimum atomic E-state index is 0.165. The quantitative estimate of drug-likeness (QED) is 0.919. The van der Waals surface area contributed by atoms with E-state index >= 15 is 0 Å². The molecule has 5 heteroatoms. The monoisotopic (exact) mass is 313 g/mol. The first kappa shape index (κ1) is 14.7. The van der Waals surface area contributed by atoms with Crippen LogP contribution in [-0.4, -0.2) is 40.9 Å². The molecule has 1 atom stereocenters. The Bertz CT molecular complexity index is 715. The second-order valence-electron chi connectivity index (χ2n) is 6.70. The molecule has 23 heavy (non-hydrogen) atoms. The first-order valence-electron chi connectivity index (χ1n) is 8.53. The topological polar surface area (TPSA) is 58.5 Å². The van der Waals surface area contributed by atoms with E-state index in [0.29, 0.717) is 0 Å². The van der Waals surface area contributed by atoms with Gasteiger partial charge in [0.1, 0.15) is 17.4 Å². The third-order valence-corrected chi connectivity index (χ3v) is 4.80. The SMILES string of the molecule is Cc1nc(N2CCCC2CO)c2ccc(OCC3CC3)cc2n1. The lowest BCUT2D eigenvalue weighted by atomic mass is 10.2. The fourth-order valence-electron chi connectivity index (χ4n) is 3.32. The standard InChI is InChI=1S/C18H23N3O2/c1-12-19-17-9-15(23-11-13-4-5-13)6-7-16(17)18(20-12)21-8-2-3-14(21)10-22/h6-7,9,13-14,22H,2-5,8,10-11H2,1H3. The molecule has 2 fully saturated rings. The molecule has 5 nitrogen and oxygen atoms in total. The largest absolute Gasteiger partial charge is 0.493 e. The number of aromatic nitrogens is 2. The number of hydrogen-bond acceptors (Lipinski definition) is 5. The minimum Gasteiger partial charge on any atom is -0.493 e. The highest BCUT2D eigenvalue weighted by atomic mass is 16.5. The molecule has 1 aromatic carbocycles. The van der Waals surface area contributed by atoms with Gasteiger partial charge in [-0.05, 0) is 50.7 Å². The molecule has 0 amide bonds. The Hall–Kier alpha value is -1.88. The zero-order chi connectivity index (χ0) is 15.8. The fraction of sp³-hybridized carbons (Fsp3) is 0.556. The van der Waals surface area contributed by atoms with E-state index in [0.717, 1.165) is 60.2 Å². The molecular weight excluding hydrogens is 290 g/mol. The van der Waals surface area contributed by atoms with Gasteiger partial charge in [0, 0.05) is 18.0 Å². The Labute approximate surface area is 136 Å². The summed E-state index contributed by atoms with van der Waals surface area (Å²) in [4.78, 5) is 11.5. The number of benzene rings is 1. The predicted octanol–water partition coefficient (Wildman–Crippen LogP) is 2.69. The highest BCUT2D eigenvalue weighted by Gasteiger charge is 2.27. The van der Waals surface area contributed by atoms with Crippen LogP contribution >= 0.6 is 0 Å². The minimum absolute atomic E-state index is 0.165. The lowest BCUT2D eigenvalue weighted by Crippen LogP contribution is -2.33. The summed E-state index contributed by atoms with van der Waals surface area (Å²) < 4.78 is 5.87. The zero-order valence-corrected chi connectivity index (χ0v) is 13.5. The molecule has 0 spiro atoms. The van der Waals surface area contributed by atoms with E-state index in [2.05, 4.69) is 20.9 Å². The summed E-state index contributed by atoms with van der Waals surface area (Å²) >= 11 is 0. The second kappa shape index (κ2) is 5.96. The van der Waals surface area contributed by atoms with E-state index in [1.165, 1.54) is 12.8 Å². The molecule has 1 unspecified atom stereocenters. The van der Waals surface area contributed by atoms with Gasteiger partial charge in [-0.3, -0.25) is 0 Å². The molecule has 1 saturated heterocycles.